The quantitative estimate of drug-likeness (QED) is 0.379. The van der Waals surface area contributed by atoms with Gasteiger partial charge in [-0.05, 0) is 18.1 Å². The number of benzene rings is 3. The summed E-state index contributed by atoms with van der Waals surface area (Å²) in [6, 6.07) is 24.4. The number of carboxylic acids is 1. The Hall–Kier alpha value is -3.11. The summed E-state index contributed by atoms with van der Waals surface area (Å²) in [7, 11) is 0. The number of rotatable bonds is 8. The van der Waals surface area contributed by atoms with Gasteiger partial charge in [-0.1, -0.05) is 91.3 Å². The molecule has 0 spiro atoms. The number of hydrogen-bond acceptors (Lipinski definition) is 3. The number of ether oxygens (including phenoxy) is 1. The molecule has 0 bridgehead atoms. The molecule has 1 unspecified atom stereocenters. The van der Waals surface area contributed by atoms with Gasteiger partial charge in [0.25, 0.3) is 0 Å². The average Bonchev–Trinajstić information content (AvgIpc) is 2.77. The van der Waals surface area contributed by atoms with Crippen molar-refractivity contribution in [3.63, 3.8) is 0 Å². The number of esters is 1. The third-order valence-corrected chi connectivity index (χ3v) is 5.34. The average molecular weight is 423 g/mol. The molecule has 3 aromatic rings. The van der Waals surface area contributed by atoms with Crippen LogP contribution >= 0.6 is 11.6 Å². The molecule has 0 fully saturated rings. The zero-order valence-corrected chi connectivity index (χ0v) is 17.4. The predicted molar refractivity (Wildman–Crippen MR) is 117 cm³/mol. The van der Waals surface area contributed by atoms with Crippen molar-refractivity contribution in [2.24, 2.45) is 0 Å². The fourth-order valence-corrected chi connectivity index (χ4v) is 3.74. The third-order valence-electron chi connectivity index (χ3n) is 5.01. The predicted octanol–water partition coefficient (Wildman–Crippen LogP) is 5.60. The smallest absolute Gasteiger partial charge is 0.307 e. The van der Waals surface area contributed by atoms with Crippen LogP contribution in [0.5, 0.6) is 0 Å². The Morgan fingerprint density at radius 3 is 2.07 bits per heavy atom. The molecule has 30 heavy (non-hydrogen) atoms. The van der Waals surface area contributed by atoms with Gasteiger partial charge in [-0.25, -0.2) is 0 Å². The van der Waals surface area contributed by atoms with Gasteiger partial charge in [-0.15, -0.1) is 0 Å². The van der Waals surface area contributed by atoms with E-state index in [2.05, 4.69) is 6.92 Å². The zero-order valence-electron chi connectivity index (χ0n) is 16.7. The second-order valence-electron chi connectivity index (χ2n) is 6.95. The van der Waals surface area contributed by atoms with Gasteiger partial charge in [0, 0.05) is 21.7 Å². The fraction of sp³-hybridized carbons (Fsp3) is 0.200. The highest BCUT2D eigenvalue weighted by Gasteiger charge is 2.42. The summed E-state index contributed by atoms with van der Waals surface area (Å²) in [6.07, 6.45) is 0.339. The van der Waals surface area contributed by atoms with Crippen LogP contribution < -0.4 is 0 Å². The number of halogens is 1. The first-order valence-electron chi connectivity index (χ1n) is 9.81. The second-order valence-corrected chi connectivity index (χ2v) is 7.35. The molecule has 0 heterocycles. The Labute approximate surface area is 181 Å². The van der Waals surface area contributed by atoms with Crippen molar-refractivity contribution < 1.29 is 19.4 Å². The molecule has 3 aromatic carbocycles. The number of carbonyl (C=O) groups is 2. The summed E-state index contributed by atoms with van der Waals surface area (Å²) in [5.74, 6) is -1.66. The maximum atomic E-state index is 12.8. The van der Waals surface area contributed by atoms with Crippen LogP contribution in [-0.4, -0.2) is 17.0 Å². The first-order chi connectivity index (χ1) is 14.5. The Morgan fingerprint density at radius 2 is 1.47 bits per heavy atom. The monoisotopic (exact) mass is 422 g/mol. The molecule has 0 aliphatic carbocycles. The van der Waals surface area contributed by atoms with Gasteiger partial charge in [0.2, 0.25) is 0 Å². The Morgan fingerprint density at radius 1 is 0.867 bits per heavy atom. The lowest BCUT2D eigenvalue weighted by atomic mass is 9.79. The van der Waals surface area contributed by atoms with Crippen LogP contribution in [-0.2, 0) is 26.3 Å². The van der Waals surface area contributed by atoms with Crippen molar-refractivity contribution in [1.82, 2.24) is 0 Å². The minimum absolute atomic E-state index is 0.235. The topological polar surface area (TPSA) is 63.6 Å². The summed E-state index contributed by atoms with van der Waals surface area (Å²) in [5.41, 5.74) is 1.93. The molecule has 3 rings (SSSR count). The first-order valence-corrected chi connectivity index (χ1v) is 10.2. The highest BCUT2D eigenvalue weighted by molar-refractivity contribution is 6.31. The molecule has 0 amide bonds. The van der Waals surface area contributed by atoms with Crippen LogP contribution in [0.2, 0.25) is 5.02 Å². The van der Waals surface area contributed by atoms with Crippen molar-refractivity contribution in [3.8, 4) is 0 Å². The summed E-state index contributed by atoms with van der Waals surface area (Å²) < 4.78 is 6.11. The number of aliphatic carboxylic acids is 1. The first kappa shape index (κ1) is 21.6. The van der Waals surface area contributed by atoms with Gasteiger partial charge in [-0.3, -0.25) is 9.59 Å². The number of aryl methyl sites for hydroxylation is 1. The Kier molecular flexibility index (Phi) is 6.91. The highest BCUT2D eigenvalue weighted by atomic mass is 35.5. The van der Waals surface area contributed by atoms with Crippen LogP contribution in [0.4, 0.5) is 0 Å². The van der Waals surface area contributed by atoms with Gasteiger partial charge >= 0.3 is 11.9 Å². The molecule has 0 radical (unpaired) electrons. The van der Waals surface area contributed by atoms with Crippen molar-refractivity contribution >= 4 is 23.5 Å². The molecule has 1 atom stereocenters. The highest BCUT2D eigenvalue weighted by Crippen LogP contribution is 2.43. The maximum Gasteiger partial charge on any atom is 0.307 e. The van der Waals surface area contributed by atoms with E-state index >= 15 is 0 Å². The molecule has 1 N–H and O–H groups in total. The normalized spacial score (nSPS) is 12.7. The van der Waals surface area contributed by atoms with Crippen LogP contribution in [0.3, 0.4) is 0 Å². The molecular formula is C25H23ClO4. The Bertz CT molecular complexity index is 1010. The molecule has 0 saturated heterocycles. The van der Waals surface area contributed by atoms with E-state index in [1.165, 1.54) is 0 Å². The molecule has 5 heteroatoms. The lowest BCUT2D eigenvalue weighted by molar-refractivity contribution is -0.155. The Balaban J connectivity index is 2.24. The standard InChI is InChI=1S/C25H23ClO4/c1-2-18-12-14-20(15-13-18)25(19-8-4-3-5-9-19,21-10-6-7-11-22(21)26)30-24(29)17-16-23(27)28/h3-15H,2,16-17H2,1H3,(H,27,28). The minimum Gasteiger partial charge on any atom is -0.481 e. The molecule has 0 aliphatic heterocycles. The fourth-order valence-electron chi connectivity index (χ4n) is 3.48. The van der Waals surface area contributed by atoms with Crippen LogP contribution in [0.1, 0.15) is 42.0 Å². The van der Waals surface area contributed by atoms with Crippen LogP contribution in [0.15, 0.2) is 78.9 Å². The second kappa shape index (κ2) is 9.59. The van der Waals surface area contributed by atoms with E-state index in [1.807, 2.05) is 72.8 Å². The number of hydrogen-bond donors (Lipinski definition) is 1. The van der Waals surface area contributed by atoms with Gasteiger partial charge in [0.05, 0.1) is 12.8 Å². The van der Waals surface area contributed by atoms with E-state index in [9.17, 15) is 9.59 Å². The molecule has 0 aromatic heterocycles. The number of carbonyl (C=O) groups excluding carboxylic acids is 1. The lowest BCUT2D eigenvalue weighted by Gasteiger charge is -2.36. The largest absolute Gasteiger partial charge is 0.481 e. The van der Waals surface area contributed by atoms with E-state index < -0.39 is 17.5 Å². The van der Waals surface area contributed by atoms with Gasteiger partial charge < -0.3 is 9.84 Å². The summed E-state index contributed by atoms with van der Waals surface area (Å²) in [6.45, 7) is 2.07. The zero-order chi connectivity index (χ0) is 21.6. The van der Waals surface area contributed by atoms with E-state index in [0.717, 1.165) is 23.1 Å². The summed E-state index contributed by atoms with van der Waals surface area (Å²) in [5, 5.41) is 9.44. The van der Waals surface area contributed by atoms with Gasteiger partial charge in [-0.2, -0.15) is 0 Å². The van der Waals surface area contributed by atoms with Crippen molar-refractivity contribution in [1.29, 1.82) is 0 Å². The summed E-state index contributed by atoms with van der Waals surface area (Å²) in [4.78, 5) is 23.8. The van der Waals surface area contributed by atoms with Crippen molar-refractivity contribution in [2.75, 3.05) is 0 Å². The SMILES string of the molecule is CCc1ccc(C(OC(=O)CCC(=O)O)(c2ccccc2)c2ccccc2Cl)cc1. The molecule has 0 saturated carbocycles. The molecule has 4 nitrogen and oxygen atoms in total. The van der Waals surface area contributed by atoms with E-state index in [0.29, 0.717) is 10.6 Å². The van der Waals surface area contributed by atoms with Crippen molar-refractivity contribution in [2.45, 2.75) is 31.8 Å². The lowest BCUT2D eigenvalue weighted by Crippen LogP contribution is -2.35. The molecular weight excluding hydrogens is 400 g/mol. The van der Waals surface area contributed by atoms with E-state index in [1.54, 1.807) is 6.07 Å². The number of carboxylic acid groups (broad SMARTS) is 1. The minimum atomic E-state index is -1.30. The summed E-state index contributed by atoms with van der Waals surface area (Å²) >= 11 is 6.59. The van der Waals surface area contributed by atoms with Gasteiger partial charge in [0.1, 0.15) is 0 Å². The van der Waals surface area contributed by atoms with Gasteiger partial charge in [0.15, 0.2) is 5.60 Å². The van der Waals surface area contributed by atoms with Crippen LogP contribution in [0, 0.1) is 0 Å². The molecule has 154 valence electrons. The van der Waals surface area contributed by atoms with Crippen molar-refractivity contribution in [3.05, 3.63) is 106 Å². The maximum absolute atomic E-state index is 12.8. The van der Waals surface area contributed by atoms with E-state index in [4.69, 9.17) is 21.4 Å². The van der Waals surface area contributed by atoms with Crippen LogP contribution in [0.25, 0.3) is 0 Å². The third kappa shape index (κ3) is 4.55. The molecule has 0 aliphatic rings. The van der Waals surface area contributed by atoms with E-state index in [-0.39, 0.29) is 12.8 Å².